The number of phenols is 1. The van der Waals surface area contributed by atoms with Gasteiger partial charge in [0, 0.05) is 62.5 Å². The zero-order valence-corrected chi connectivity index (χ0v) is 39.9. The van der Waals surface area contributed by atoms with Crippen LogP contribution in [-0.4, -0.2) is 124 Å². The molecule has 2 fully saturated rings. The number of carbonyl (C=O) groups is 5. The molecule has 4 amide bonds. The van der Waals surface area contributed by atoms with Crippen molar-refractivity contribution in [2.45, 2.75) is 97.9 Å². The predicted molar refractivity (Wildman–Crippen MR) is 256 cm³/mol. The van der Waals surface area contributed by atoms with Crippen molar-refractivity contribution in [3.63, 3.8) is 0 Å². The van der Waals surface area contributed by atoms with Crippen LogP contribution < -0.4 is 10.7 Å². The van der Waals surface area contributed by atoms with Crippen LogP contribution in [-0.2, 0) is 54.6 Å². The van der Waals surface area contributed by atoms with Gasteiger partial charge < -0.3 is 34.4 Å². The van der Waals surface area contributed by atoms with E-state index in [1.54, 1.807) is 24.1 Å². The number of hydrazine groups is 1. The van der Waals surface area contributed by atoms with Crippen molar-refractivity contribution in [3.05, 3.63) is 90.0 Å². The Morgan fingerprint density at radius 3 is 2.48 bits per heavy atom. The second-order valence-corrected chi connectivity index (χ2v) is 19.8. The summed E-state index contributed by atoms with van der Waals surface area (Å²) in [6, 6.07) is 17.4. The Kier molecular flexibility index (Phi) is 14.4. The molecule has 3 N–H and O–H groups in total. The number of benzene rings is 3. The fraction of sp³-hybridized carbons (Fsp3) is 0.481. The second kappa shape index (κ2) is 19.9. The highest BCUT2D eigenvalue weighted by Gasteiger charge is 2.40. The van der Waals surface area contributed by atoms with E-state index in [0.29, 0.717) is 37.8 Å². The Morgan fingerprint density at radius 1 is 1.00 bits per heavy atom. The molecule has 1 aromatic heterocycles. The first-order valence-electron chi connectivity index (χ1n) is 23.3. The number of cyclic esters (lactones) is 1. The molecule has 0 aliphatic carbocycles. The van der Waals surface area contributed by atoms with Crippen LogP contribution in [0.1, 0.15) is 70.6 Å². The van der Waals surface area contributed by atoms with Gasteiger partial charge >= 0.3 is 5.97 Å². The van der Waals surface area contributed by atoms with E-state index in [-0.39, 0.29) is 49.6 Å². The van der Waals surface area contributed by atoms with Gasteiger partial charge in [-0.05, 0) is 122 Å². The fourth-order valence-corrected chi connectivity index (χ4v) is 10.1. The number of rotatable bonds is 10. The zero-order chi connectivity index (χ0) is 47.6. The van der Waals surface area contributed by atoms with Crippen LogP contribution in [0.4, 0.5) is 0 Å². The summed E-state index contributed by atoms with van der Waals surface area (Å²) in [5.74, 6) is -2.78. The van der Waals surface area contributed by atoms with Gasteiger partial charge in [-0.3, -0.25) is 29.0 Å². The van der Waals surface area contributed by atoms with Crippen molar-refractivity contribution >= 4 is 40.5 Å². The van der Waals surface area contributed by atoms with Crippen LogP contribution >= 0.6 is 0 Å². The Balaban J connectivity index is 1.30. The highest BCUT2D eigenvalue weighted by atomic mass is 16.5. The van der Waals surface area contributed by atoms with Gasteiger partial charge in [0.15, 0.2) is 0 Å². The molecule has 0 unspecified atom stereocenters. The van der Waals surface area contributed by atoms with E-state index < -0.39 is 47.2 Å². The molecule has 0 saturated carbocycles. The molecule has 14 nitrogen and oxygen atoms in total. The van der Waals surface area contributed by atoms with Crippen molar-refractivity contribution < 1.29 is 33.8 Å². The van der Waals surface area contributed by atoms with Crippen LogP contribution in [0.25, 0.3) is 33.3 Å². The number of aromatic hydroxyl groups is 1. The number of hydrogen-bond donors (Lipinski definition) is 3. The number of amides is 4. The van der Waals surface area contributed by atoms with Crippen molar-refractivity contribution in [1.82, 2.24) is 35.0 Å². The van der Waals surface area contributed by atoms with Crippen LogP contribution in [0.2, 0.25) is 0 Å². The Morgan fingerprint density at radius 2 is 1.77 bits per heavy atom. The number of fused-ring (bicyclic) bond motifs is 6. The lowest BCUT2D eigenvalue weighted by atomic mass is 9.84. The van der Waals surface area contributed by atoms with Crippen molar-refractivity contribution in [3.8, 4) is 28.1 Å². The quantitative estimate of drug-likeness (QED) is 0.130. The molecule has 3 aliphatic rings. The third kappa shape index (κ3) is 10.3. The first kappa shape index (κ1) is 48.0. The topological polar surface area (TPSA) is 157 Å². The highest BCUT2D eigenvalue weighted by molar-refractivity contribution is 5.96. The van der Waals surface area contributed by atoms with Crippen molar-refractivity contribution in [2.24, 2.45) is 17.3 Å². The van der Waals surface area contributed by atoms with Gasteiger partial charge in [-0.1, -0.05) is 64.6 Å². The van der Waals surface area contributed by atoms with Gasteiger partial charge in [0.25, 0.3) is 5.91 Å². The van der Waals surface area contributed by atoms with Crippen LogP contribution in [0.3, 0.4) is 0 Å². The third-order valence-corrected chi connectivity index (χ3v) is 13.2. The molecule has 3 aromatic carbocycles. The minimum absolute atomic E-state index is 0.00429. The first-order chi connectivity index (χ1) is 31.4. The van der Waals surface area contributed by atoms with E-state index in [1.165, 1.54) is 21.5 Å². The standard InChI is InChI=1S/C52H67N7O7/c1-10-45(61)57-21-19-37(30-57)49(63)56(9)46(32(3)4)48(62)53-43-25-34-23-38(26-39(60)24-34)35-17-18-44-40(27-35)41(47(58(44)11-2)36-15-12-14-33(22-36)29-55(7)8)28-52(5,6)31-66-51(65)42-16-13-20-59(54-42)50(43)64/h10,12,14-15,17-18,22-24,26-27,32,37,42-43,46,54,60H,1,11,13,16,19-21,25,28-31H2,2-9H3,(H,53,62)/t37-,42-,43-,46-/m0/s1. The number of likely N-dealkylation sites (tertiary alicyclic amines) is 1. The summed E-state index contributed by atoms with van der Waals surface area (Å²) in [4.78, 5) is 74.5. The lowest BCUT2D eigenvalue weighted by Crippen LogP contribution is -2.62. The van der Waals surface area contributed by atoms with E-state index in [9.17, 15) is 29.1 Å². The number of phenolic OH excluding ortho intramolecular Hbond substituents is 1. The Bertz CT molecular complexity index is 2510. The van der Waals surface area contributed by atoms with Gasteiger partial charge in [0.2, 0.25) is 17.7 Å². The van der Waals surface area contributed by atoms with E-state index in [4.69, 9.17) is 4.74 Å². The number of esters is 1. The molecule has 14 heteroatoms. The third-order valence-electron chi connectivity index (χ3n) is 13.2. The molecule has 3 aliphatic heterocycles. The Labute approximate surface area is 388 Å². The van der Waals surface area contributed by atoms with Crippen LogP contribution in [0, 0.1) is 17.3 Å². The summed E-state index contributed by atoms with van der Waals surface area (Å²) in [6.07, 6.45) is 3.27. The SMILES string of the molecule is C=CC(=O)N1CC[C@H](C(=O)N(C)[C@H](C(=O)N[C@H]2Cc3cc(O)cc(c3)-c3ccc4c(c3)c(c(-c3cccc(CN(C)C)c3)n4CC)CC(C)(C)COC(=O)[C@@H]3CCCN(N3)C2=O)C(C)C)C1. The summed E-state index contributed by atoms with van der Waals surface area (Å²) in [5, 5.41) is 16.8. The first-order valence-corrected chi connectivity index (χ1v) is 23.3. The van der Waals surface area contributed by atoms with Crippen molar-refractivity contribution in [2.75, 3.05) is 47.4 Å². The molecular formula is C52H67N7O7. The molecule has 2 saturated heterocycles. The van der Waals surface area contributed by atoms with E-state index in [0.717, 1.165) is 51.9 Å². The molecule has 7 rings (SSSR count). The normalized spacial score (nSPS) is 20.5. The molecule has 66 heavy (non-hydrogen) atoms. The molecule has 0 radical (unpaired) electrons. The van der Waals surface area contributed by atoms with E-state index >= 15 is 0 Å². The predicted octanol–water partition coefficient (Wildman–Crippen LogP) is 5.93. The zero-order valence-electron chi connectivity index (χ0n) is 39.9. The maximum absolute atomic E-state index is 14.7. The Hall–Kier alpha value is -5.99. The number of carbonyl (C=O) groups excluding carboxylic acids is 5. The maximum Gasteiger partial charge on any atom is 0.324 e. The summed E-state index contributed by atoms with van der Waals surface area (Å²) in [5.41, 5.74) is 10.4. The molecule has 4 heterocycles. The highest BCUT2D eigenvalue weighted by Crippen LogP contribution is 2.41. The molecule has 6 bridgehead atoms. The smallest absolute Gasteiger partial charge is 0.324 e. The summed E-state index contributed by atoms with van der Waals surface area (Å²) >= 11 is 0. The molecule has 4 atom stereocenters. The average Bonchev–Trinajstić information content (AvgIpc) is 3.89. The number of aryl methyl sites for hydroxylation is 1. The number of likely N-dealkylation sites (N-methyl/N-ethyl adjacent to an activating group) is 1. The van der Waals surface area contributed by atoms with E-state index in [2.05, 4.69) is 98.1 Å². The van der Waals surface area contributed by atoms with Crippen LogP contribution in [0.5, 0.6) is 5.75 Å². The van der Waals surface area contributed by atoms with Gasteiger partial charge in [-0.15, -0.1) is 0 Å². The summed E-state index contributed by atoms with van der Waals surface area (Å²) < 4.78 is 8.47. The minimum atomic E-state index is -1.15. The molecule has 4 aromatic rings. The van der Waals surface area contributed by atoms with Gasteiger partial charge in [-0.25, -0.2) is 5.43 Å². The van der Waals surface area contributed by atoms with E-state index in [1.807, 2.05) is 26.0 Å². The number of nitrogens with one attached hydrogen (secondary N) is 2. The minimum Gasteiger partial charge on any atom is -0.508 e. The monoisotopic (exact) mass is 902 g/mol. The van der Waals surface area contributed by atoms with Crippen molar-refractivity contribution in [1.29, 1.82) is 0 Å². The summed E-state index contributed by atoms with van der Waals surface area (Å²) in [7, 11) is 5.71. The van der Waals surface area contributed by atoms with Gasteiger partial charge in [0.1, 0.15) is 23.9 Å². The second-order valence-electron chi connectivity index (χ2n) is 19.8. The number of nitrogens with zero attached hydrogens (tertiary/aromatic N) is 5. The van der Waals surface area contributed by atoms with Crippen LogP contribution in [0.15, 0.2) is 73.3 Å². The molecule has 0 spiro atoms. The lowest BCUT2D eigenvalue weighted by Gasteiger charge is -2.37. The maximum atomic E-state index is 14.7. The lowest BCUT2D eigenvalue weighted by molar-refractivity contribution is -0.155. The number of hydrogen-bond acceptors (Lipinski definition) is 9. The molecule has 352 valence electrons. The van der Waals surface area contributed by atoms with Gasteiger partial charge in [-0.2, -0.15) is 0 Å². The fourth-order valence-electron chi connectivity index (χ4n) is 10.1. The average molecular weight is 902 g/mol. The number of ether oxygens (including phenoxy) is 1. The summed E-state index contributed by atoms with van der Waals surface area (Å²) in [6.45, 7) is 16.2. The van der Waals surface area contributed by atoms with Gasteiger partial charge in [0.05, 0.1) is 18.2 Å². The largest absolute Gasteiger partial charge is 0.508 e. The number of aromatic nitrogens is 1. The molecular weight excluding hydrogens is 835 g/mol.